The molecule has 0 radical (unpaired) electrons. The fraction of sp³-hybridized carbons (Fsp3) is 0.200. The molecule has 0 fully saturated rings. The second-order valence-electron chi connectivity index (χ2n) is 7.78. The largest absolute Gasteiger partial charge is 0.497 e. The van der Waals surface area contributed by atoms with Gasteiger partial charge in [-0.3, -0.25) is 9.78 Å². The molecule has 0 bridgehead atoms. The number of nitrogens with one attached hydrogen (secondary N) is 2. The van der Waals surface area contributed by atoms with Crippen molar-refractivity contribution >= 4 is 28.4 Å². The van der Waals surface area contributed by atoms with Crippen LogP contribution in [0.4, 0.5) is 13.2 Å². The lowest BCUT2D eigenvalue weighted by atomic mass is 9.87. The van der Waals surface area contributed by atoms with E-state index in [1.165, 1.54) is 19.2 Å². The van der Waals surface area contributed by atoms with Gasteiger partial charge in [-0.25, -0.2) is 0 Å². The number of ether oxygens (including phenoxy) is 1. The molecule has 4 rings (SSSR count). The molecular weight excluding hydrogens is 467 g/mol. The predicted octanol–water partition coefficient (Wildman–Crippen LogP) is 6.08. The molecule has 4 aromatic rings. The van der Waals surface area contributed by atoms with Gasteiger partial charge < -0.3 is 15.0 Å². The summed E-state index contributed by atoms with van der Waals surface area (Å²) in [5, 5.41) is 3.21. The number of fused-ring (bicyclic) bond motifs is 1. The first-order chi connectivity index (χ1) is 16.3. The highest BCUT2D eigenvalue weighted by Gasteiger charge is 2.34. The Balaban J connectivity index is 1.72. The number of alkyl halides is 3. The summed E-state index contributed by atoms with van der Waals surface area (Å²) in [6.45, 7) is 0.282. The SMILES string of the molecule is COc1ccc2[nH]cc([C@@H](CC(=O)NCc3ccncc3)c3ccc(Cl)c(C(F)(F)F)c3)c2c1. The molecule has 2 aromatic heterocycles. The van der Waals surface area contributed by atoms with Crippen LogP contribution in [0.2, 0.25) is 5.02 Å². The van der Waals surface area contributed by atoms with Gasteiger partial charge >= 0.3 is 6.18 Å². The van der Waals surface area contributed by atoms with E-state index >= 15 is 0 Å². The van der Waals surface area contributed by atoms with Crippen molar-refractivity contribution in [2.75, 3.05) is 7.11 Å². The second kappa shape index (κ2) is 9.77. The predicted molar refractivity (Wildman–Crippen MR) is 124 cm³/mol. The Hall–Kier alpha value is -3.52. The zero-order valence-corrected chi connectivity index (χ0v) is 18.9. The Morgan fingerprint density at radius 1 is 1.15 bits per heavy atom. The average Bonchev–Trinajstić information content (AvgIpc) is 3.24. The lowest BCUT2D eigenvalue weighted by Crippen LogP contribution is -2.25. The highest BCUT2D eigenvalue weighted by atomic mass is 35.5. The van der Waals surface area contributed by atoms with E-state index in [2.05, 4.69) is 15.3 Å². The number of benzene rings is 2. The van der Waals surface area contributed by atoms with Crippen LogP contribution in [0.5, 0.6) is 5.75 Å². The molecule has 0 aliphatic carbocycles. The average molecular weight is 488 g/mol. The maximum Gasteiger partial charge on any atom is 0.417 e. The van der Waals surface area contributed by atoms with Gasteiger partial charge in [0, 0.05) is 48.4 Å². The molecule has 1 atom stereocenters. The Kier molecular flexibility index (Phi) is 6.79. The number of carbonyl (C=O) groups excluding carboxylic acids is 1. The Bertz CT molecular complexity index is 1310. The number of aromatic nitrogens is 2. The van der Waals surface area contributed by atoms with Crippen molar-refractivity contribution in [3.8, 4) is 5.75 Å². The topological polar surface area (TPSA) is 67.0 Å². The van der Waals surface area contributed by atoms with E-state index in [9.17, 15) is 18.0 Å². The fourth-order valence-corrected chi connectivity index (χ4v) is 4.10. The van der Waals surface area contributed by atoms with Crippen molar-refractivity contribution in [2.45, 2.75) is 25.1 Å². The van der Waals surface area contributed by atoms with E-state index in [-0.39, 0.29) is 18.9 Å². The Morgan fingerprint density at radius 3 is 2.62 bits per heavy atom. The van der Waals surface area contributed by atoms with Crippen LogP contribution in [0.15, 0.2) is 67.1 Å². The number of rotatable bonds is 7. The number of H-pyrrole nitrogens is 1. The normalized spacial score (nSPS) is 12.5. The van der Waals surface area contributed by atoms with E-state index in [0.29, 0.717) is 16.9 Å². The van der Waals surface area contributed by atoms with Gasteiger partial charge in [0.1, 0.15) is 5.75 Å². The van der Waals surface area contributed by atoms with Crippen molar-refractivity contribution in [2.24, 2.45) is 0 Å². The van der Waals surface area contributed by atoms with Gasteiger partial charge in [0.2, 0.25) is 5.91 Å². The van der Waals surface area contributed by atoms with E-state index < -0.39 is 22.7 Å². The highest BCUT2D eigenvalue weighted by Crippen LogP contribution is 2.40. The molecule has 2 N–H and O–H groups in total. The first-order valence-corrected chi connectivity index (χ1v) is 10.8. The minimum atomic E-state index is -4.62. The molecule has 2 heterocycles. The van der Waals surface area contributed by atoms with Crippen LogP contribution < -0.4 is 10.1 Å². The molecule has 0 saturated heterocycles. The summed E-state index contributed by atoms with van der Waals surface area (Å²) in [6, 6.07) is 12.7. The molecule has 34 heavy (non-hydrogen) atoms. The van der Waals surface area contributed by atoms with Gasteiger partial charge in [0.15, 0.2) is 0 Å². The molecule has 1 amide bonds. The third-order valence-corrected chi connectivity index (χ3v) is 5.95. The maximum absolute atomic E-state index is 13.6. The van der Waals surface area contributed by atoms with Crippen LogP contribution in [-0.4, -0.2) is 23.0 Å². The van der Waals surface area contributed by atoms with Gasteiger partial charge in [-0.1, -0.05) is 17.7 Å². The van der Waals surface area contributed by atoms with Crippen molar-refractivity contribution in [1.82, 2.24) is 15.3 Å². The number of aromatic amines is 1. The zero-order valence-electron chi connectivity index (χ0n) is 18.1. The van der Waals surface area contributed by atoms with E-state index in [1.54, 1.807) is 42.9 Å². The standard InChI is InChI=1S/C25H21ClF3N3O2/c1-34-17-3-5-23-19(11-17)20(14-31-23)18(12-24(33)32-13-15-6-8-30-9-7-15)16-2-4-22(26)21(10-16)25(27,28)29/h2-11,14,18,31H,12-13H2,1H3,(H,32,33)/t18-/m0/s1. The van der Waals surface area contributed by atoms with E-state index in [4.69, 9.17) is 16.3 Å². The van der Waals surface area contributed by atoms with Gasteiger partial charge in [0.25, 0.3) is 0 Å². The molecular formula is C25H21ClF3N3O2. The van der Waals surface area contributed by atoms with Crippen molar-refractivity contribution in [3.05, 3.63) is 94.4 Å². The van der Waals surface area contributed by atoms with Crippen molar-refractivity contribution in [1.29, 1.82) is 0 Å². The van der Waals surface area contributed by atoms with E-state index in [0.717, 1.165) is 22.5 Å². The summed E-state index contributed by atoms with van der Waals surface area (Å²) in [5.41, 5.74) is 1.72. The Morgan fingerprint density at radius 2 is 1.91 bits per heavy atom. The van der Waals surface area contributed by atoms with Crippen molar-refractivity contribution < 1.29 is 22.7 Å². The number of pyridine rings is 1. The monoisotopic (exact) mass is 487 g/mol. The van der Waals surface area contributed by atoms with Crippen LogP contribution in [0.1, 0.15) is 34.6 Å². The molecule has 176 valence electrons. The third-order valence-electron chi connectivity index (χ3n) is 5.62. The third kappa shape index (κ3) is 5.17. The lowest BCUT2D eigenvalue weighted by Gasteiger charge is -2.19. The van der Waals surface area contributed by atoms with Gasteiger partial charge in [-0.2, -0.15) is 13.2 Å². The van der Waals surface area contributed by atoms with Gasteiger partial charge in [0.05, 0.1) is 17.7 Å². The summed E-state index contributed by atoms with van der Waals surface area (Å²) < 4.78 is 46.0. The fourth-order valence-electron chi connectivity index (χ4n) is 3.88. The first-order valence-electron chi connectivity index (χ1n) is 10.4. The summed E-state index contributed by atoms with van der Waals surface area (Å²) in [6.07, 6.45) is 0.275. The van der Waals surface area contributed by atoms with Crippen LogP contribution in [0.25, 0.3) is 10.9 Å². The Labute approximate surface area is 198 Å². The van der Waals surface area contributed by atoms with Crippen LogP contribution in [-0.2, 0) is 17.5 Å². The van der Waals surface area contributed by atoms with Crippen LogP contribution in [0, 0.1) is 0 Å². The second-order valence-corrected chi connectivity index (χ2v) is 8.19. The minimum absolute atomic E-state index is 0.0613. The quantitative estimate of drug-likeness (QED) is 0.332. The molecule has 2 aromatic carbocycles. The number of halogens is 4. The first kappa shape index (κ1) is 23.6. The van der Waals surface area contributed by atoms with Gasteiger partial charge in [-0.05, 0) is 59.2 Å². The number of amides is 1. The van der Waals surface area contributed by atoms with Crippen LogP contribution in [0.3, 0.4) is 0 Å². The summed E-state index contributed by atoms with van der Waals surface area (Å²) >= 11 is 5.84. The van der Waals surface area contributed by atoms with E-state index in [1.807, 2.05) is 6.07 Å². The minimum Gasteiger partial charge on any atom is -0.497 e. The molecule has 0 aliphatic rings. The lowest BCUT2D eigenvalue weighted by molar-refractivity contribution is -0.137. The molecule has 0 saturated carbocycles. The zero-order chi connectivity index (χ0) is 24.3. The smallest absolute Gasteiger partial charge is 0.417 e. The maximum atomic E-state index is 13.6. The molecule has 0 unspecified atom stereocenters. The van der Waals surface area contributed by atoms with Gasteiger partial charge in [-0.15, -0.1) is 0 Å². The molecule has 0 spiro atoms. The number of hydrogen-bond acceptors (Lipinski definition) is 3. The summed E-state index contributed by atoms with van der Waals surface area (Å²) in [7, 11) is 1.53. The molecule has 5 nitrogen and oxygen atoms in total. The summed E-state index contributed by atoms with van der Waals surface area (Å²) in [4.78, 5) is 20.0. The number of methoxy groups -OCH3 is 1. The number of hydrogen-bond donors (Lipinski definition) is 2. The molecule has 9 heteroatoms. The van der Waals surface area contributed by atoms with Crippen LogP contribution >= 0.6 is 11.6 Å². The number of nitrogens with zero attached hydrogens (tertiary/aromatic N) is 1. The number of carbonyl (C=O) groups is 1. The highest BCUT2D eigenvalue weighted by molar-refractivity contribution is 6.31. The summed E-state index contributed by atoms with van der Waals surface area (Å²) in [5.74, 6) is -0.361. The van der Waals surface area contributed by atoms with Crippen molar-refractivity contribution in [3.63, 3.8) is 0 Å². The molecule has 0 aliphatic heterocycles.